The summed E-state index contributed by atoms with van der Waals surface area (Å²) >= 11 is 0. The molecule has 0 aromatic heterocycles. The third kappa shape index (κ3) is 7.90. The van der Waals surface area contributed by atoms with Gasteiger partial charge in [0.2, 0.25) is 5.91 Å². The molecule has 1 N–H and O–H groups in total. The summed E-state index contributed by atoms with van der Waals surface area (Å²) in [6.45, 7) is 11.0. The molecule has 1 heterocycles. The van der Waals surface area contributed by atoms with Crippen LogP contribution in [0.1, 0.15) is 76.0 Å². The van der Waals surface area contributed by atoms with Gasteiger partial charge in [-0.2, -0.15) is 0 Å². The Morgan fingerprint density at radius 1 is 1.17 bits per heavy atom. The number of ether oxygens (including phenoxy) is 2. The third-order valence-electron chi connectivity index (χ3n) is 6.83. The summed E-state index contributed by atoms with van der Waals surface area (Å²) in [4.78, 5) is 29.5. The van der Waals surface area contributed by atoms with Gasteiger partial charge in [-0.05, 0) is 69.7 Å². The normalized spacial score (nSPS) is 18.7. The van der Waals surface area contributed by atoms with Gasteiger partial charge < -0.3 is 14.8 Å². The Hall–Kier alpha value is -2.70. The number of carbonyl (C=O) groups excluding carboxylic acids is 2. The van der Waals surface area contributed by atoms with Crippen LogP contribution in [0.2, 0.25) is 0 Å². The summed E-state index contributed by atoms with van der Waals surface area (Å²) < 4.78 is 11.5. The van der Waals surface area contributed by atoms with E-state index in [-0.39, 0.29) is 30.6 Å². The Labute approximate surface area is 216 Å². The molecule has 6 heteroatoms. The van der Waals surface area contributed by atoms with E-state index < -0.39 is 6.04 Å². The monoisotopic (exact) mass is 494 g/mol. The van der Waals surface area contributed by atoms with Crippen LogP contribution in [0.5, 0.6) is 0 Å². The van der Waals surface area contributed by atoms with Crippen LogP contribution in [0.15, 0.2) is 60.3 Å². The molecule has 36 heavy (non-hydrogen) atoms. The maximum absolute atomic E-state index is 14.0. The van der Waals surface area contributed by atoms with Crippen molar-refractivity contribution in [2.24, 2.45) is 0 Å². The number of aryl methyl sites for hydroxylation is 1. The zero-order chi connectivity index (χ0) is 25.9. The smallest absolute Gasteiger partial charge is 0.254 e. The molecule has 0 bridgehead atoms. The molecular weight excluding hydrogens is 452 g/mol. The second kappa shape index (κ2) is 14.1. The van der Waals surface area contributed by atoms with Gasteiger partial charge in [0, 0.05) is 25.0 Å². The quantitative estimate of drug-likeness (QED) is 0.433. The molecule has 1 unspecified atom stereocenters. The second-order valence-electron chi connectivity index (χ2n) is 9.90. The molecule has 1 atom stereocenters. The standard InChI is InChI=1S/C30H42N2O4/c1-5-11-25(20-22(2)3)32(28(33)21-36-26-16-18-35-19-17-26)29(27-15-10-9-12-23(27)4)30(34)31-24-13-7-6-8-14-24/h5,9-12,15,20,24,26,29H,2,6-8,13-14,16-19,21H2,1,3-4H3,(H,31,34). The van der Waals surface area contributed by atoms with Crippen molar-refractivity contribution in [1.29, 1.82) is 0 Å². The van der Waals surface area contributed by atoms with Gasteiger partial charge in [-0.15, -0.1) is 0 Å². The summed E-state index contributed by atoms with van der Waals surface area (Å²) in [6.07, 6.45) is 12.5. The van der Waals surface area contributed by atoms with E-state index in [2.05, 4.69) is 11.9 Å². The van der Waals surface area contributed by atoms with Crippen molar-refractivity contribution in [2.75, 3.05) is 19.8 Å². The largest absolute Gasteiger partial charge is 0.381 e. The highest BCUT2D eigenvalue weighted by atomic mass is 16.5. The van der Waals surface area contributed by atoms with Crippen LogP contribution < -0.4 is 5.32 Å². The molecule has 0 radical (unpaired) electrons. The lowest BCUT2D eigenvalue weighted by atomic mass is 9.93. The number of hydrogen-bond acceptors (Lipinski definition) is 4. The molecule has 2 fully saturated rings. The minimum Gasteiger partial charge on any atom is -0.381 e. The lowest BCUT2D eigenvalue weighted by molar-refractivity contribution is -0.145. The van der Waals surface area contributed by atoms with Crippen LogP contribution in [-0.4, -0.2) is 48.7 Å². The van der Waals surface area contributed by atoms with Crippen molar-refractivity contribution in [3.63, 3.8) is 0 Å². The molecule has 2 aliphatic rings. The van der Waals surface area contributed by atoms with E-state index in [0.717, 1.165) is 55.2 Å². The molecule has 1 saturated carbocycles. The van der Waals surface area contributed by atoms with E-state index in [1.807, 2.05) is 63.3 Å². The number of nitrogens with zero attached hydrogens (tertiary/aromatic N) is 1. The summed E-state index contributed by atoms with van der Waals surface area (Å²) in [5.74, 6) is -0.410. The Kier molecular flexibility index (Phi) is 11.0. The lowest BCUT2D eigenvalue weighted by Crippen LogP contribution is -2.48. The Morgan fingerprint density at radius 3 is 2.50 bits per heavy atom. The minimum absolute atomic E-state index is 0.0205. The lowest BCUT2D eigenvalue weighted by Gasteiger charge is -2.35. The van der Waals surface area contributed by atoms with Crippen LogP contribution in [0.3, 0.4) is 0 Å². The highest BCUT2D eigenvalue weighted by molar-refractivity contribution is 5.91. The Bertz CT molecular complexity index is 955. The van der Waals surface area contributed by atoms with Gasteiger partial charge in [0.15, 0.2) is 0 Å². The first-order chi connectivity index (χ1) is 17.4. The molecule has 0 spiro atoms. The van der Waals surface area contributed by atoms with Crippen LogP contribution in [0, 0.1) is 6.92 Å². The maximum Gasteiger partial charge on any atom is 0.254 e. The van der Waals surface area contributed by atoms with Gasteiger partial charge in [-0.3, -0.25) is 14.5 Å². The topological polar surface area (TPSA) is 67.9 Å². The molecule has 2 amide bonds. The van der Waals surface area contributed by atoms with Crippen molar-refractivity contribution < 1.29 is 19.1 Å². The van der Waals surface area contributed by atoms with Gasteiger partial charge in [-0.1, -0.05) is 61.8 Å². The predicted octanol–water partition coefficient (Wildman–Crippen LogP) is 5.55. The average Bonchev–Trinajstić information content (AvgIpc) is 2.87. The molecule has 1 aliphatic heterocycles. The number of carbonyl (C=O) groups is 2. The first kappa shape index (κ1) is 27.9. The fourth-order valence-electron chi connectivity index (χ4n) is 4.98. The highest BCUT2D eigenvalue weighted by Gasteiger charge is 2.35. The number of amides is 2. The van der Waals surface area contributed by atoms with Crippen LogP contribution in [-0.2, 0) is 19.1 Å². The van der Waals surface area contributed by atoms with Gasteiger partial charge in [0.1, 0.15) is 12.6 Å². The first-order valence-corrected chi connectivity index (χ1v) is 13.3. The van der Waals surface area contributed by atoms with Crippen molar-refractivity contribution in [1.82, 2.24) is 10.2 Å². The maximum atomic E-state index is 14.0. The summed E-state index contributed by atoms with van der Waals surface area (Å²) in [7, 11) is 0. The van der Waals surface area contributed by atoms with Crippen molar-refractivity contribution >= 4 is 11.8 Å². The first-order valence-electron chi connectivity index (χ1n) is 13.3. The summed E-state index contributed by atoms with van der Waals surface area (Å²) in [5, 5.41) is 3.27. The fourth-order valence-corrected chi connectivity index (χ4v) is 4.98. The van der Waals surface area contributed by atoms with Crippen molar-refractivity contribution in [2.45, 2.75) is 83.9 Å². The molecule has 1 aliphatic carbocycles. The van der Waals surface area contributed by atoms with E-state index in [4.69, 9.17) is 9.47 Å². The average molecular weight is 495 g/mol. The van der Waals surface area contributed by atoms with E-state index in [1.54, 1.807) is 4.90 Å². The Balaban J connectivity index is 2.00. The van der Waals surface area contributed by atoms with Crippen LogP contribution in [0.4, 0.5) is 0 Å². The van der Waals surface area contributed by atoms with Crippen molar-refractivity contribution in [3.05, 3.63) is 71.5 Å². The molecule has 1 aromatic rings. The SMILES string of the molecule is C=C(C)C=C(C=CC)N(C(=O)COC1CCOCC1)C(C(=O)NC1CCCCC1)c1ccccc1C. The van der Waals surface area contributed by atoms with E-state index >= 15 is 0 Å². The summed E-state index contributed by atoms with van der Waals surface area (Å²) in [5.41, 5.74) is 3.18. The highest BCUT2D eigenvalue weighted by Crippen LogP contribution is 2.30. The van der Waals surface area contributed by atoms with Gasteiger partial charge in [0.05, 0.1) is 6.10 Å². The van der Waals surface area contributed by atoms with Gasteiger partial charge in [0.25, 0.3) is 5.91 Å². The minimum atomic E-state index is -0.819. The second-order valence-corrected chi connectivity index (χ2v) is 9.90. The molecule has 196 valence electrons. The predicted molar refractivity (Wildman–Crippen MR) is 143 cm³/mol. The van der Waals surface area contributed by atoms with Gasteiger partial charge >= 0.3 is 0 Å². The fraction of sp³-hybridized carbons (Fsp3) is 0.533. The van der Waals surface area contributed by atoms with Crippen LogP contribution >= 0.6 is 0 Å². The zero-order valence-corrected chi connectivity index (χ0v) is 22.1. The molecule has 6 nitrogen and oxygen atoms in total. The van der Waals surface area contributed by atoms with E-state index in [9.17, 15) is 9.59 Å². The number of allylic oxidation sites excluding steroid dienone is 4. The number of nitrogens with one attached hydrogen (secondary N) is 1. The van der Waals surface area contributed by atoms with Crippen molar-refractivity contribution in [3.8, 4) is 0 Å². The molecule has 1 saturated heterocycles. The number of benzene rings is 1. The van der Waals surface area contributed by atoms with E-state index in [1.165, 1.54) is 6.42 Å². The Morgan fingerprint density at radius 2 is 1.86 bits per heavy atom. The zero-order valence-electron chi connectivity index (χ0n) is 22.1. The van der Waals surface area contributed by atoms with Crippen LogP contribution in [0.25, 0.3) is 0 Å². The van der Waals surface area contributed by atoms with E-state index in [0.29, 0.717) is 18.9 Å². The molecule has 3 rings (SSSR count). The molecular formula is C30H42N2O4. The summed E-state index contributed by atoms with van der Waals surface area (Å²) in [6, 6.07) is 7.10. The molecule has 1 aromatic carbocycles. The third-order valence-corrected chi connectivity index (χ3v) is 6.83. The number of rotatable bonds is 10. The van der Waals surface area contributed by atoms with Gasteiger partial charge in [-0.25, -0.2) is 0 Å². The number of hydrogen-bond donors (Lipinski definition) is 1.